The zero-order valence-corrected chi connectivity index (χ0v) is 23.0. The molecule has 0 radical (unpaired) electrons. The lowest BCUT2D eigenvalue weighted by Crippen LogP contribution is -2.38. The third-order valence-electron chi connectivity index (χ3n) is 7.65. The molecule has 4 heteroatoms. The van der Waals surface area contributed by atoms with Crippen LogP contribution >= 0.6 is 11.3 Å². The summed E-state index contributed by atoms with van der Waals surface area (Å²) in [5.41, 5.74) is 6.74. The van der Waals surface area contributed by atoms with Crippen LogP contribution in [-0.2, 0) is 10.8 Å². The summed E-state index contributed by atoms with van der Waals surface area (Å²) in [6.45, 7) is 16.9. The number of benzene rings is 3. The van der Waals surface area contributed by atoms with Crippen LogP contribution in [-0.4, -0.2) is 18.0 Å². The van der Waals surface area contributed by atoms with Gasteiger partial charge in [0.1, 0.15) is 6.33 Å². The van der Waals surface area contributed by atoms with Crippen molar-refractivity contribution < 1.29 is 0 Å². The predicted molar refractivity (Wildman–Crippen MR) is 152 cm³/mol. The Bertz CT molecular complexity index is 1620. The van der Waals surface area contributed by atoms with E-state index in [1.165, 1.54) is 53.9 Å². The van der Waals surface area contributed by atoms with Crippen molar-refractivity contribution in [2.45, 2.75) is 64.6 Å². The molecule has 172 valence electrons. The summed E-state index contributed by atoms with van der Waals surface area (Å²) < 4.78 is 2.61. The maximum Gasteiger partial charge on any atom is 0.116 e. The minimum absolute atomic E-state index is 0.154. The highest BCUT2D eigenvalue weighted by molar-refractivity contribution is 7.26. The first-order chi connectivity index (χ1) is 16.0. The van der Waals surface area contributed by atoms with E-state index in [0.29, 0.717) is 0 Å². The summed E-state index contributed by atoms with van der Waals surface area (Å²) in [5, 5.41) is 5.46. The average Bonchev–Trinajstić information content (AvgIpc) is 3.23. The van der Waals surface area contributed by atoms with Crippen molar-refractivity contribution in [3.63, 3.8) is 0 Å². The minimum Gasteiger partial charge on any atom is -0.235 e. The molecule has 0 bridgehead atoms. The first-order valence-electron chi connectivity index (χ1n) is 12.2. The topological polar surface area (TPSA) is 25.8 Å². The molecule has 6 rings (SSSR count). The van der Waals surface area contributed by atoms with Gasteiger partial charge in [-0.15, -0.1) is 11.3 Å². The molecule has 0 aliphatic heterocycles. The molecule has 0 spiro atoms. The predicted octanol–water partition coefficient (Wildman–Crippen LogP) is 8.17. The molecule has 0 N–H and O–H groups in total. The second kappa shape index (κ2) is 6.99. The Labute approximate surface area is 207 Å². The minimum atomic E-state index is -1.55. The van der Waals surface area contributed by atoms with Crippen LogP contribution in [0.5, 0.6) is 0 Å². The molecule has 1 aliphatic carbocycles. The molecule has 0 amide bonds. The van der Waals surface area contributed by atoms with Crippen molar-refractivity contribution in [1.29, 1.82) is 0 Å². The van der Waals surface area contributed by atoms with E-state index < -0.39 is 8.07 Å². The Morgan fingerprint density at radius 1 is 0.824 bits per heavy atom. The summed E-state index contributed by atoms with van der Waals surface area (Å²) in [7, 11) is -1.55. The summed E-state index contributed by atoms with van der Waals surface area (Å²) in [5.74, 6) is 0. The van der Waals surface area contributed by atoms with Crippen molar-refractivity contribution in [2.24, 2.45) is 0 Å². The van der Waals surface area contributed by atoms with Crippen LogP contribution < -0.4 is 5.19 Å². The van der Waals surface area contributed by atoms with Crippen molar-refractivity contribution in [1.82, 2.24) is 9.97 Å². The Kier molecular flexibility index (Phi) is 4.51. The number of fused-ring (bicyclic) bond motifs is 6. The van der Waals surface area contributed by atoms with Gasteiger partial charge in [-0.25, -0.2) is 9.97 Å². The normalized spacial score (nSPS) is 17.0. The van der Waals surface area contributed by atoms with Crippen molar-refractivity contribution in [2.75, 3.05) is 0 Å². The Hall–Kier alpha value is -2.56. The van der Waals surface area contributed by atoms with Crippen LogP contribution in [0.15, 0.2) is 54.9 Å². The molecule has 1 aliphatic rings. The molecule has 0 saturated heterocycles. The number of hydrogen-bond donors (Lipinski definition) is 0. The van der Waals surface area contributed by atoms with Gasteiger partial charge in [0.15, 0.2) is 0 Å². The lowest BCUT2D eigenvalue weighted by molar-refractivity contribution is 0.404. The molecule has 0 unspecified atom stereocenters. The number of hydrogen-bond acceptors (Lipinski definition) is 3. The van der Waals surface area contributed by atoms with Gasteiger partial charge in [-0.1, -0.05) is 95.0 Å². The van der Waals surface area contributed by atoms with Crippen LogP contribution in [0.2, 0.25) is 19.6 Å². The Morgan fingerprint density at radius 3 is 2.35 bits per heavy atom. The Morgan fingerprint density at radius 2 is 1.59 bits per heavy atom. The first-order valence-corrected chi connectivity index (χ1v) is 16.5. The van der Waals surface area contributed by atoms with E-state index in [2.05, 4.69) is 95.9 Å². The van der Waals surface area contributed by atoms with Gasteiger partial charge in [0, 0.05) is 15.6 Å². The number of nitrogens with zero attached hydrogens (tertiary/aromatic N) is 2. The first kappa shape index (κ1) is 21.9. The average molecular weight is 481 g/mol. The van der Waals surface area contributed by atoms with E-state index in [9.17, 15) is 0 Å². The van der Waals surface area contributed by atoms with Crippen LogP contribution in [0.1, 0.15) is 45.2 Å². The molecule has 2 heterocycles. The van der Waals surface area contributed by atoms with Gasteiger partial charge in [-0.3, -0.25) is 0 Å². The number of thiophene rings is 1. The highest BCUT2D eigenvalue weighted by Crippen LogP contribution is 2.54. The van der Waals surface area contributed by atoms with Crippen LogP contribution in [0.25, 0.3) is 42.3 Å². The fourth-order valence-electron chi connectivity index (χ4n) is 6.44. The van der Waals surface area contributed by atoms with Gasteiger partial charge in [-0.2, -0.15) is 0 Å². The maximum absolute atomic E-state index is 4.88. The van der Waals surface area contributed by atoms with Crippen LogP contribution in [0.3, 0.4) is 0 Å². The standard InChI is InChI=1S/C30H32N2SSi/c1-29(2)16-30(3,4)24-22(29)13-12-21-26-28(33-27(21)24)25(31-17-32-26)19-14-18-10-8-9-11-20(18)23(15-19)34(5,6)7/h8-15,17H,16H2,1-7H3. The molecule has 0 saturated carbocycles. The van der Waals surface area contributed by atoms with E-state index in [0.717, 1.165) is 11.2 Å². The quantitative estimate of drug-likeness (QED) is 0.238. The van der Waals surface area contributed by atoms with Crippen molar-refractivity contribution >= 4 is 55.7 Å². The molecule has 0 fully saturated rings. The smallest absolute Gasteiger partial charge is 0.116 e. The van der Waals surface area contributed by atoms with E-state index in [1.807, 2.05) is 11.3 Å². The molecule has 0 atom stereocenters. The van der Waals surface area contributed by atoms with Crippen molar-refractivity contribution in [3.05, 3.63) is 66.0 Å². The molecular weight excluding hydrogens is 448 g/mol. The molecule has 34 heavy (non-hydrogen) atoms. The molecule has 2 aromatic heterocycles. The van der Waals surface area contributed by atoms with Crippen molar-refractivity contribution in [3.8, 4) is 11.3 Å². The maximum atomic E-state index is 4.88. The van der Waals surface area contributed by atoms with E-state index in [1.54, 1.807) is 6.33 Å². The fraction of sp³-hybridized carbons (Fsp3) is 0.333. The number of aromatic nitrogens is 2. The molecular formula is C30H32N2SSi. The summed E-state index contributed by atoms with van der Waals surface area (Å²) in [6, 6.07) is 18.2. The zero-order chi connectivity index (χ0) is 24.0. The van der Waals surface area contributed by atoms with Gasteiger partial charge in [0.2, 0.25) is 0 Å². The van der Waals surface area contributed by atoms with E-state index in [-0.39, 0.29) is 10.8 Å². The lowest BCUT2D eigenvalue weighted by atomic mass is 9.82. The van der Waals surface area contributed by atoms with Gasteiger partial charge < -0.3 is 0 Å². The molecule has 2 nitrogen and oxygen atoms in total. The monoisotopic (exact) mass is 480 g/mol. The fourth-order valence-corrected chi connectivity index (χ4v) is 9.56. The van der Waals surface area contributed by atoms with Gasteiger partial charge in [0.25, 0.3) is 0 Å². The third kappa shape index (κ3) is 3.11. The highest BCUT2D eigenvalue weighted by Gasteiger charge is 2.43. The van der Waals surface area contributed by atoms with E-state index >= 15 is 0 Å². The molecule has 3 aromatic carbocycles. The summed E-state index contributed by atoms with van der Waals surface area (Å²) in [4.78, 5) is 9.68. The molecule has 5 aromatic rings. The largest absolute Gasteiger partial charge is 0.235 e. The zero-order valence-electron chi connectivity index (χ0n) is 21.2. The van der Waals surface area contributed by atoms with Gasteiger partial charge in [0.05, 0.1) is 24.0 Å². The second-order valence-corrected chi connectivity index (χ2v) is 18.4. The lowest BCUT2D eigenvalue weighted by Gasteiger charge is -2.22. The van der Waals surface area contributed by atoms with Crippen LogP contribution in [0.4, 0.5) is 0 Å². The van der Waals surface area contributed by atoms with Crippen LogP contribution in [0, 0.1) is 0 Å². The Balaban J connectivity index is 1.68. The third-order valence-corrected chi connectivity index (χ3v) is 10.9. The second-order valence-electron chi connectivity index (χ2n) is 12.3. The summed E-state index contributed by atoms with van der Waals surface area (Å²) >= 11 is 1.90. The number of rotatable bonds is 2. The van der Waals surface area contributed by atoms with Gasteiger partial charge in [-0.05, 0) is 45.2 Å². The highest BCUT2D eigenvalue weighted by atomic mass is 32.1. The van der Waals surface area contributed by atoms with E-state index in [4.69, 9.17) is 9.97 Å². The summed E-state index contributed by atoms with van der Waals surface area (Å²) in [6.07, 6.45) is 2.93. The van der Waals surface area contributed by atoms with Gasteiger partial charge >= 0.3 is 0 Å². The SMILES string of the molecule is CC1(C)CC(C)(C)c2c1ccc1c2sc2c(-c3cc([Si](C)(C)C)c4ccccc4c3)ncnc21.